The van der Waals surface area contributed by atoms with E-state index in [4.69, 9.17) is 0 Å². The van der Waals surface area contributed by atoms with Gasteiger partial charge in [-0.1, -0.05) is 46.8 Å². The second kappa shape index (κ2) is 5.23. The average molecular weight is 265 g/mol. The number of hydrogen-bond acceptors (Lipinski definition) is 1. The van der Waals surface area contributed by atoms with E-state index in [9.17, 15) is 5.11 Å². The Morgan fingerprint density at radius 3 is 1.75 bits per heavy atom. The van der Waals surface area contributed by atoms with Gasteiger partial charge in [0.1, 0.15) is 5.75 Å². The molecule has 0 aliphatic rings. The first-order valence-electron chi connectivity index (χ1n) is 5.50. The summed E-state index contributed by atoms with van der Waals surface area (Å²) in [6.45, 7) is 11.3. The molecule has 16 heavy (non-hydrogen) atoms. The first-order valence-corrected chi connectivity index (χ1v) is 5.50. The fraction of sp³-hybridized carbons (Fsp3) is 0.571. The van der Waals surface area contributed by atoms with Crippen LogP contribution in [0.4, 0.5) is 0 Å². The maximum Gasteiger partial charge on any atom is 0.115 e. The Labute approximate surface area is 109 Å². The molecule has 0 heterocycles. The Kier molecular flexibility index (Phi) is 5.07. The second-order valence-corrected chi connectivity index (χ2v) is 6.17. The number of benzene rings is 1. The first kappa shape index (κ1) is 15.5. The molecule has 1 nitrogen and oxygen atoms in total. The van der Waals surface area contributed by atoms with Crippen LogP contribution in [0.15, 0.2) is 24.3 Å². The fourth-order valence-electron chi connectivity index (χ4n) is 2.34. The fourth-order valence-corrected chi connectivity index (χ4v) is 2.34. The summed E-state index contributed by atoms with van der Waals surface area (Å²) in [5, 5.41) is 9.25. The van der Waals surface area contributed by atoms with Gasteiger partial charge >= 0.3 is 0 Å². The summed E-state index contributed by atoms with van der Waals surface area (Å²) >= 11 is 0. The summed E-state index contributed by atoms with van der Waals surface area (Å²) in [6, 6.07) is 7.56. The van der Waals surface area contributed by atoms with Crippen LogP contribution in [-0.4, -0.2) is 5.11 Å². The molecule has 1 aromatic rings. The quantitative estimate of drug-likeness (QED) is 0.798. The van der Waals surface area contributed by atoms with E-state index in [1.54, 1.807) is 12.1 Å². The van der Waals surface area contributed by atoms with Crippen LogP contribution in [0.3, 0.4) is 0 Å². The maximum absolute atomic E-state index is 9.25. The third-order valence-electron chi connectivity index (χ3n) is 2.62. The van der Waals surface area contributed by atoms with Gasteiger partial charge in [-0.05, 0) is 34.9 Å². The molecule has 94 valence electrons. The van der Waals surface area contributed by atoms with Gasteiger partial charge in [0.05, 0.1) is 0 Å². The largest absolute Gasteiger partial charge is 0.508 e. The molecule has 1 aromatic carbocycles. The average Bonchev–Trinajstić information content (AvgIpc) is 2.00. The molecule has 0 aliphatic carbocycles. The van der Waals surface area contributed by atoms with Gasteiger partial charge in [-0.3, -0.25) is 0 Å². The van der Waals surface area contributed by atoms with E-state index in [0.717, 1.165) is 6.42 Å². The van der Waals surface area contributed by atoms with Crippen LogP contribution in [0, 0.1) is 5.41 Å². The molecule has 0 spiro atoms. The Balaban J connectivity index is 0.00000225. The molecule has 0 aromatic heterocycles. The minimum Gasteiger partial charge on any atom is -0.508 e. The zero-order chi connectivity index (χ0) is 11.7. The Hall–Kier alpha value is -0.486. The van der Waals surface area contributed by atoms with Crippen molar-refractivity contribution in [1.82, 2.24) is 0 Å². The van der Waals surface area contributed by atoms with Crippen molar-refractivity contribution in [2.24, 2.45) is 5.41 Å². The van der Waals surface area contributed by atoms with Gasteiger partial charge in [0.25, 0.3) is 0 Å². The molecule has 0 amide bonds. The van der Waals surface area contributed by atoms with Crippen LogP contribution >= 0.6 is 0 Å². The van der Waals surface area contributed by atoms with Crippen molar-refractivity contribution in [3.05, 3.63) is 29.8 Å². The van der Waals surface area contributed by atoms with Gasteiger partial charge in [-0.2, -0.15) is 0 Å². The van der Waals surface area contributed by atoms with Gasteiger partial charge < -0.3 is 5.11 Å². The third kappa shape index (κ3) is 4.57. The zero-order valence-corrected chi connectivity index (χ0v) is 11.8. The van der Waals surface area contributed by atoms with Gasteiger partial charge in [-0.15, -0.1) is 0 Å². The van der Waals surface area contributed by atoms with E-state index < -0.39 is 0 Å². The second-order valence-electron chi connectivity index (χ2n) is 6.17. The number of rotatable bonds is 2. The molecule has 0 bridgehead atoms. The Bertz CT molecular complexity index is 320. The smallest absolute Gasteiger partial charge is 0.115 e. The van der Waals surface area contributed by atoms with Crippen LogP contribution in [0.2, 0.25) is 0 Å². The number of phenolic OH excluding ortho intramolecular Hbond substituents is 1. The Morgan fingerprint density at radius 1 is 0.938 bits per heavy atom. The summed E-state index contributed by atoms with van der Waals surface area (Å²) in [4.78, 5) is 0. The molecule has 0 saturated heterocycles. The van der Waals surface area contributed by atoms with E-state index in [2.05, 4.69) is 34.6 Å². The topological polar surface area (TPSA) is 20.2 Å². The van der Waals surface area contributed by atoms with Gasteiger partial charge in [0, 0.05) is 16.5 Å². The minimum absolute atomic E-state index is 0. The number of hydrogen-bond donors (Lipinski definition) is 1. The van der Waals surface area contributed by atoms with E-state index in [1.807, 2.05) is 12.1 Å². The van der Waals surface area contributed by atoms with Crippen LogP contribution in [0.1, 0.15) is 46.6 Å². The number of aromatic hydroxyl groups is 1. The SMILES string of the molecule is CC(C)(C)CC(C)(C)c1ccc(O)cc1.[Ni]. The summed E-state index contributed by atoms with van der Waals surface area (Å²) in [5.74, 6) is 0.338. The summed E-state index contributed by atoms with van der Waals surface area (Å²) in [6.07, 6.45) is 1.13. The molecular formula is C14H22NiO. The standard InChI is InChI=1S/C14H22O.Ni/c1-13(2,3)10-14(4,5)11-6-8-12(15)9-7-11;/h6-9,15H,10H2,1-5H3;. The van der Waals surface area contributed by atoms with E-state index in [-0.39, 0.29) is 21.9 Å². The van der Waals surface area contributed by atoms with E-state index in [1.165, 1.54) is 5.56 Å². The predicted octanol–water partition coefficient (Wildman–Crippen LogP) is 4.10. The molecular weight excluding hydrogens is 243 g/mol. The van der Waals surface area contributed by atoms with Gasteiger partial charge in [-0.25, -0.2) is 0 Å². The monoisotopic (exact) mass is 264 g/mol. The van der Waals surface area contributed by atoms with Crippen LogP contribution in [0.5, 0.6) is 5.75 Å². The molecule has 1 N–H and O–H groups in total. The third-order valence-corrected chi connectivity index (χ3v) is 2.62. The minimum atomic E-state index is 0. The van der Waals surface area contributed by atoms with Crippen molar-refractivity contribution in [2.75, 3.05) is 0 Å². The van der Waals surface area contributed by atoms with Crippen LogP contribution in [0.25, 0.3) is 0 Å². The van der Waals surface area contributed by atoms with Crippen molar-refractivity contribution in [3.8, 4) is 5.75 Å². The van der Waals surface area contributed by atoms with Crippen molar-refractivity contribution >= 4 is 0 Å². The zero-order valence-electron chi connectivity index (χ0n) is 10.8. The molecule has 1 rings (SSSR count). The molecule has 0 fully saturated rings. The predicted molar refractivity (Wildman–Crippen MR) is 65.2 cm³/mol. The van der Waals surface area contributed by atoms with Crippen LogP contribution in [-0.2, 0) is 21.9 Å². The summed E-state index contributed by atoms with van der Waals surface area (Å²) in [7, 11) is 0. The molecule has 0 saturated carbocycles. The van der Waals surface area contributed by atoms with E-state index in [0.29, 0.717) is 11.2 Å². The summed E-state index contributed by atoms with van der Waals surface area (Å²) < 4.78 is 0. The number of phenols is 1. The van der Waals surface area contributed by atoms with Gasteiger partial charge in [0.2, 0.25) is 0 Å². The molecule has 0 radical (unpaired) electrons. The van der Waals surface area contributed by atoms with Crippen LogP contribution < -0.4 is 0 Å². The van der Waals surface area contributed by atoms with Crippen molar-refractivity contribution < 1.29 is 21.6 Å². The molecule has 2 heteroatoms. The van der Waals surface area contributed by atoms with Crippen molar-refractivity contribution in [1.29, 1.82) is 0 Å². The summed E-state index contributed by atoms with van der Waals surface area (Å²) in [5.41, 5.74) is 1.77. The van der Waals surface area contributed by atoms with Crippen molar-refractivity contribution in [2.45, 2.75) is 46.5 Å². The Morgan fingerprint density at radius 2 is 1.38 bits per heavy atom. The molecule has 0 unspecified atom stereocenters. The maximum atomic E-state index is 9.25. The van der Waals surface area contributed by atoms with E-state index >= 15 is 0 Å². The normalized spacial score (nSPS) is 12.1. The van der Waals surface area contributed by atoms with Gasteiger partial charge in [0.15, 0.2) is 0 Å². The molecule has 0 atom stereocenters. The first-order chi connectivity index (χ1) is 6.71. The molecule has 0 aliphatic heterocycles. The van der Waals surface area contributed by atoms with Crippen molar-refractivity contribution in [3.63, 3.8) is 0 Å².